The van der Waals surface area contributed by atoms with E-state index in [1.807, 2.05) is 30.3 Å². The molecule has 3 rings (SSSR count). The van der Waals surface area contributed by atoms with Crippen molar-refractivity contribution in [2.45, 2.75) is 5.75 Å². The van der Waals surface area contributed by atoms with E-state index >= 15 is 0 Å². The summed E-state index contributed by atoms with van der Waals surface area (Å²) in [5, 5.41) is 1.10. The molecule has 4 heteroatoms. The Bertz CT molecular complexity index is 790. The Morgan fingerprint density at radius 2 is 1.83 bits per heavy atom. The van der Waals surface area contributed by atoms with Crippen LogP contribution in [0.4, 0.5) is 0 Å². The highest BCUT2D eigenvalue weighted by Gasteiger charge is 2.11. The highest BCUT2D eigenvalue weighted by Crippen LogP contribution is 2.31. The highest BCUT2D eigenvalue weighted by molar-refractivity contribution is 7.99. The maximum atomic E-state index is 11.7. The molecule has 2 aromatic carbocycles. The standard InChI is InChI=1S/C19H19NO2S/c1-20(2)19(21)13-23-12-15-8-3-5-9-16(15)18-11-14-7-4-6-10-17(14)22-18/h3-11H,12-13H2,1-2H3. The van der Waals surface area contributed by atoms with Gasteiger partial charge in [0, 0.05) is 30.8 Å². The van der Waals surface area contributed by atoms with E-state index in [9.17, 15) is 4.79 Å². The molecule has 0 fully saturated rings. The number of hydrogen-bond acceptors (Lipinski definition) is 3. The zero-order valence-electron chi connectivity index (χ0n) is 13.3. The Kier molecular flexibility index (Phi) is 4.72. The van der Waals surface area contributed by atoms with Crippen LogP contribution in [0, 0.1) is 0 Å². The molecule has 0 atom stereocenters. The maximum Gasteiger partial charge on any atom is 0.232 e. The summed E-state index contributed by atoms with van der Waals surface area (Å²) in [4.78, 5) is 13.3. The molecule has 0 unspecified atom stereocenters. The van der Waals surface area contributed by atoms with E-state index in [-0.39, 0.29) is 5.91 Å². The molecule has 0 radical (unpaired) electrons. The number of furan rings is 1. The number of rotatable bonds is 5. The number of benzene rings is 2. The third kappa shape index (κ3) is 3.59. The SMILES string of the molecule is CN(C)C(=O)CSCc1ccccc1-c1cc2ccccc2o1. The predicted molar refractivity (Wildman–Crippen MR) is 96.5 cm³/mol. The molecule has 1 heterocycles. The first-order valence-corrected chi connectivity index (χ1v) is 8.65. The predicted octanol–water partition coefficient (Wildman–Crippen LogP) is 4.42. The minimum absolute atomic E-state index is 0.135. The number of nitrogens with zero attached hydrogens (tertiary/aromatic N) is 1. The van der Waals surface area contributed by atoms with Gasteiger partial charge in [-0.05, 0) is 17.7 Å². The Balaban J connectivity index is 1.81. The van der Waals surface area contributed by atoms with Gasteiger partial charge in [0.1, 0.15) is 11.3 Å². The van der Waals surface area contributed by atoms with Gasteiger partial charge in [0.2, 0.25) is 5.91 Å². The Labute approximate surface area is 140 Å². The van der Waals surface area contributed by atoms with E-state index in [0.29, 0.717) is 5.75 Å². The van der Waals surface area contributed by atoms with Crippen molar-refractivity contribution in [3.63, 3.8) is 0 Å². The summed E-state index contributed by atoms with van der Waals surface area (Å²) >= 11 is 1.63. The monoisotopic (exact) mass is 325 g/mol. The lowest BCUT2D eigenvalue weighted by Crippen LogP contribution is -2.23. The normalized spacial score (nSPS) is 10.9. The Hall–Kier alpha value is -2.20. The fourth-order valence-corrected chi connectivity index (χ4v) is 3.39. The van der Waals surface area contributed by atoms with Crippen molar-refractivity contribution in [1.29, 1.82) is 0 Å². The summed E-state index contributed by atoms with van der Waals surface area (Å²) in [6.07, 6.45) is 0. The molecule has 0 bridgehead atoms. The van der Waals surface area contributed by atoms with Crippen LogP contribution < -0.4 is 0 Å². The van der Waals surface area contributed by atoms with Crippen LogP contribution >= 0.6 is 11.8 Å². The summed E-state index contributed by atoms with van der Waals surface area (Å²) in [5.74, 6) is 2.28. The van der Waals surface area contributed by atoms with E-state index in [4.69, 9.17) is 4.42 Å². The van der Waals surface area contributed by atoms with Crippen LogP contribution in [0.25, 0.3) is 22.3 Å². The summed E-state index contributed by atoms with van der Waals surface area (Å²) < 4.78 is 5.98. The fourth-order valence-electron chi connectivity index (χ4n) is 2.38. The summed E-state index contributed by atoms with van der Waals surface area (Å²) in [6, 6.07) is 18.3. The molecule has 0 saturated carbocycles. The average Bonchev–Trinajstić information content (AvgIpc) is 2.99. The summed E-state index contributed by atoms with van der Waals surface area (Å²) in [5.41, 5.74) is 3.17. The lowest BCUT2D eigenvalue weighted by atomic mass is 10.1. The van der Waals surface area contributed by atoms with Crippen molar-refractivity contribution in [3.05, 3.63) is 60.2 Å². The minimum atomic E-state index is 0.135. The minimum Gasteiger partial charge on any atom is -0.456 e. The van der Waals surface area contributed by atoms with Crippen molar-refractivity contribution < 1.29 is 9.21 Å². The van der Waals surface area contributed by atoms with Crippen LogP contribution in [0.3, 0.4) is 0 Å². The fraction of sp³-hybridized carbons (Fsp3) is 0.211. The molecule has 0 saturated heterocycles. The molecule has 1 aromatic heterocycles. The second-order valence-corrected chi connectivity index (χ2v) is 6.57. The lowest BCUT2D eigenvalue weighted by molar-refractivity contribution is -0.125. The molecule has 0 spiro atoms. The van der Waals surface area contributed by atoms with Crippen LogP contribution in [-0.2, 0) is 10.5 Å². The molecular weight excluding hydrogens is 306 g/mol. The Morgan fingerprint density at radius 1 is 1.09 bits per heavy atom. The van der Waals surface area contributed by atoms with Crippen LogP contribution in [0.5, 0.6) is 0 Å². The van der Waals surface area contributed by atoms with E-state index in [1.165, 1.54) is 5.56 Å². The van der Waals surface area contributed by atoms with Gasteiger partial charge in [-0.25, -0.2) is 0 Å². The number of amides is 1. The van der Waals surface area contributed by atoms with Gasteiger partial charge in [-0.15, -0.1) is 11.8 Å². The van der Waals surface area contributed by atoms with E-state index < -0.39 is 0 Å². The van der Waals surface area contributed by atoms with Gasteiger partial charge in [-0.1, -0.05) is 42.5 Å². The van der Waals surface area contributed by atoms with Gasteiger partial charge >= 0.3 is 0 Å². The number of hydrogen-bond donors (Lipinski definition) is 0. The van der Waals surface area contributed by atoms with Gasteiger partial charge in [-0.3, -0.25) is 4.79 Å². The molecule has 23 heavy (non-hydrogen) atoms. The van der Waals surface area contributed by atoms with Crippen molar-refractivity contribution in [1.82, 2.24) is 4.90 Å². The van der Waals surface area contributed by atoms with Crippen LogP contribution in [0.15, 0.2) is 59.0 Å². The quantitative estimate of drug-likeness (QED) is 0.696. The molecule has 0 aliphatic heterocycles. The third-order valence-corrected chi connectivity index (χ3v) is 4.66. The van der Waals surface area contributed by atoms with Crippen molar-refractivity contribution in [3.8, 4) is 11.3 Å². The van der Waals surface area contributed by atoms with Gasteiger partial charge in [0.05, 0.1) is 5.75 Å². The van der Waals surface area contributed by atoms with Crippen LogP contribution in [-0.4, -0.2) is 30.7 Å². The molecule has 0 N–H and O–H groups in total. The zero-order valence-corrected chi connectivity index (χ0v) is 14.1. The largest absolute Gasteiger partial charge is 0.456 e. The van der Waals surface area contributed by atoms with Crippen LogP contribution in [0.1, 0.15) is 5.56 Å². The van der Waals surface area contributed by atoms with Crippen molar-refractivity contribution >= 4 is 28.6 Å². The average molecular weight is 325 g/mol. The number of thioether (sulfide) groups is 1. The maximum absolute atomic E-state index is 11.7. The first kappa shape index (κ1) is 15.7. The topological polar surface area (TPSA) is 33.5 Å². The molecule has 3 aromatic rings. The summed E-state index contributed by atoms with van der Waals surface area (Å²) in [7, 11) is 3.57. The second kappa shape index (κ2) is 6.92. The van der Waals surface area contributed by atoms with Crippen LogP contribution in [0.2, 0.25) is 0 Å². The highest BCUT2D eigenvalue weighted by atomic mass is 32.2. The second-order valence-electron chi connectivity index (χ2n) is 5.59. The first-order chi connectivity index (χ1) is 11.1. The molecular formula is C19H19NO2S. The van der Waals surface area contributed by atoms with E-state index in [1.54, 1.807) is 30.8 Å². The van der Waals surface area contributed by atoms with Gasteiger partial charge < -0.3 is 9.32 Å². The molecule has 0 aliphatic carbocycles. The van der Waals surface area contributed by atoms with Crippen molar-refractivity contribution in [2.75, 3.05) is 19.8 Å². The van der Waals surface area contributed by atoms with E-state index in [2.05, 4.69) is 24.3 Å². The van der Waals surface area contributed by atoms with Gasteiger partial charge in [-0.2, -0.15) is 0 Å². The lowest BCUT2D eigenvalue weighted by Gasteiger charge is -2.10. The van der Waals surface area contributed by atoms with Gasteiger partial charge in [0.15, 0.2) is 0 Å². The molecule has 1 amide bonds. The third-order valence-electron chi connectivity index (χ3n) is 3.69. The number of carbonyl (C=O) groups excluding carboxylic acids is 1. The number of carbonyl (C=O) groups is 1. The number of fused-ring (bicyclic) bond motifs is 1. The smallest absolute Gasteiger partial charge is 0.232 e. The molecule has 118 valence electrons. The van der Waals surface area contributed by atoms with Crippen molar-refractivity contribution in [2.24, 2.45) is 0 Å². The zero-order chi connectivity index (χ0) is 16.2. The first-order valence-electron chi connectivity index (χ1n) is 7.50. The number of para-hydroxylation sites is 1. The molecule has 0 aliphatic rings. The van der Waals surface area contributed by atoms with E-state index in [0.717, 1.165) is 28.0 Å². The molecule has 3 nitrogen and oxygen atoms in total. The Morgan fingerprint density at radius 3 is 2.61 bits per heavy atom. The summed E-state index contributed by atoms with van der Waals surface area (Å²) in [6.45, 7) is 0. The van der Waals surface area contributed by atoms with Gasteiger partial charge in [0.25, 0.3) is 0 Å².